The van der Waals surface area contributed by atoms with Gasteiger partial charge in [0, 0.05) is 0 Å². The van der Waals surface area contributed by atoms with Crippen LogP contribution in [0.2, 0.25) is 0 Å². The van der Waals surface area contributed by atoms with E-state index in [1.165, 1.54) is 33.6 Å². The van der Waals surface area contributed by atoms with Gasteiger partial charge in [-0.05, 0) is 26.7 Å². The van der Waals surface area contributed by atoms with Crippen LogP contribution in [0.4, 0.5) is 11.4 Å². The van der Waals surface area contributed by atoms with Crippen molar-refractivity contribution >= 4 is 11.4 Å². The van der Waals surface area contributed by atoms with Gasteiger partial charge in [0.2, 0.25) is 0 Å². The van der Waals surface area contributed by atoms with Crippen LogP contribution in [0.25, 0.3) is 10.6 Å². The van der Waals surface area contributed by atoms with Crippen LogP contribution in [0.3, 0.4) is 0 Å². The Morgan fingerprint density at radius 2 is 1.12 bits per heavy atom. The van der Waals surface area contributed by atoms with E-state index < -0.39 is 0 Å². The van der Waals surface area contributed by atoms with Gasteiger partial charge in [0.15, 0.2) is 0 Å². The second-order valence-electron chi connectivity index (χ2n) is 5.99. The summed E-state index contributed by atoms with van der Waals surface area (Å²) in [6, 6.07) is 12.9. The van der Waals surface area contributed by atoms with E-state index in [9.17, 15) is 0 Å². The van der Waals surface area contributed by atoms with Gasteiger partial charge in [0.05, 0.1) is 0 Å². The Morgan fingerprint density at radius 3 is 1.50 bits per heavy atom. The zero-order valence-electron chi connectivity index (χ0n) is 15.4. The van der Waals surface area contributed by atoms with Crippen LogP contribution in [-0.4, -0.2) is 13.1 Å². The Hall–Kier alpha value is -1.25. The summed E-state index contributed by atoms with van der Waals surface area (Å²) in [5, 5.41) is 9.63. The molecule has 0 N–H and O–H groups in total. The summed E-state index contributed by atoms with van der Waals surface area (Å²) >= 11 is 0. The van der Waals surface area contributed by atoms with E-state index in [1.807, 2.05) is 0 Å². The third-order valence-corrected chi connectivity index (χ3v) is 4.26. The maximum absolute atomic E-state index is 4.81. The Labute approximate surface area is 162 Å². The first-order chi connectivity index (χ1) is 11.2. The van der Waals surface area contributed by atoms with Crippen molar-refractivity contribution in [3.63, 3.8) is 0 Å². The van der Waals surface area contributed by atoms with Gasteiger partial charge in [-0.15, -0.1) is 24.5 Å². The van der Waals surface area contributed by atoms with Gasteiger partial charge in [-0.2, -0.15) is 0 Å². The van der Waals surface area contributed by atoms with Crippen molar-refractivity contribution in [3.05, 3.63) is 69.3 Å². The Bertz CT molecular complexity index is 582. The van der Waals surface area contributed by atoms with Gasteiger partial charge in [-0.25, -0.2) is 0 Å². The number of benzene rings is 2. The predicted octanol–water partition coefficient (Wildman–Crippen LogP) is 6.53. The molecule has 0 aromatic heterocycles. The molecular formula is C21H28N2Ti. The minimum Gasteiger partial charge on any atom is -0.684 e. The van der Waals surface area contributed by atoms with Gasteiger partial charge in [0.25, 0.3) is 0 Å². The van der Waals surface area contributed by atoms with Gasteiger partial charge in [-0.3, -0.25) is 0 Å². The Balaban J connectivity index is 0.00000288. The molecule has 2 nitrogen and oxygen atoms in total. The fourth-order valence-corrected chi connectivity index (χ4v) is 2.91. The first kappa shape index (κ1) is 20.8. The fourth-order valence-electron chi connectivity index (χ4n) is 2.91. The summed E-state index contributed by atoms with van der Waals surface area (Å²) in [5.41, 5.74) is 7.59. The van der Waals surface area contributed by atoms with E-state index in [0.717, 1.165) is 32.4 Å². The summed E-state index contributed by atoms with van der Waals surface area (Å²) in [6.45, 7) is 10.3. The van der Waals surface area contributed by atoms with E-state index in [1.54, 1.807) is 0 Å². The molecule has 2 aromatic carbocycles. The second kappa shape index (κ2) is 10.6. The molecule has 3 heteroatoms. The summed E-state index contributed by atoms with van der Waals surface area (Å²) in [5.74, 6) is 0. The SMILES string of the molecule is CCc1cccc(C)c1[N-]CCC[N-]c1c(C)cccc1CC.[Ti+2]. The fraction of sp³-hybridized carbons (Fsp3) is 0.429. The van der Waals surface area contributed by atoms with Crippen molar-refractivity contribution < 1.29 is 21.7 Å². The third-order valence-electron chi connectivity index (χ3n) is 4.26. The number of hydrogen-bond acceptors (Lipinski definition) is 0. The molecule has 0 fully saturated rings. The van der Waals surface area contributed by atoms with E-state index >= 15 is 0 Å². The molecule has 0 spiro atoms. The van der Waals surface area contributed by atoms with Crippen LogP contribution in [0.5, 0.6) is 0 Å². The zero-order valence-corrected chi connectivity index (χ0v) is 17.0. The molecule has 126 valence electrons. The summed E-state index contributed by atoms with van der Waals surface area (Å²) in [4.78, 5) is 0. The van der Waals surface area contributed by atoms with Crippen molar-refractivity contribution in [1.29, 1.82) is 0 Å². The molecule has 0 saturated heterocycles. The maximum atomic E-state index is 4.81. The van der Waals surface area contributed by atoms with Crippen LogP contribution in [0.15, 0.2) is 36.4 Å². The van der Waals surface area contributed by atoms with E-state index in [0.29, 0.717) is 0 Å². The molecule has 0 unspecified atom stereocenters. The smallest absolute Gasteiger partial charge is 0.684 e. The number of hydrogen-bond donors (Lipinski definition) is 0. The molecular weight excluding hydrogens is 328 g/mol. The summed E-state index contributed by atoms with van der Waals surface area (Å²) in [7, 11) is 0. The third kappa shape index (κ3) is 5.39. The normalized spacial score (nSPS) is 10.2. The van der Waals surface area contributed by atoms with E-state index in [4.69, 9.17) is 10.6 Å². The van der Waals surface area contributed by atoms with Crippen molar-refractivity contribution in [2.75, 3.05) is 13.1 Å². The number of aryl methyl sites for hydroxylation is 4. The van der Waals surface area contributed by atoms with Crippen LogP contribution >= 0.6 is 0 Å². The summed E-state index contributed by atoms with van der Waals surface area (Å²) in [6.07, 6.45) is 3.07. The standard InChI is InChI=1S/C21H28N2.Ti/c1-5-18-12-7-10-16(3)20(18)22-14-9-15-23-21-17(4)11-8-13-19(21)6-2;/h7-8,10-13H,5-6,9,14-15H2,1-4H3;/q-2;+2. The number of para-hydroxylation sites is 2. The molecule has 0 bridgehead atoms. The minimum atomic E-state index is 0. The van der Waals surface area contributed by atoms with Gasteiger partial charge < -0.3 is 10.6 Å². The predicted molar refractivity (Wildman–Crippen MR) is 102 cm³/mol. The van der Waals surface area contributed by atoms with Crippen molar-refractivity contribution in [1.82, 2.24) is 0 Å². The Morgan fingerprint density at radius 1 is 0.708 bits per heavy atom. The first-order valence-corrected chi connectivity index (χ1v) is 8.69. The average Bonchev–Trinajstić information content (AvgIpc) is 2.56. The minimum absolute atomic E-state index is 0. The molecule has 24 heavy (non-hydrogen) atoms. The van der Waals surface area contributed by atoms with Crippen LogP contribution in [0, 0.1) is 13.8 Å². The van der Waals surface area contributed by atoms with E-state index in [2.05, 4.69) is 64.1 Å². The molecule has 2 aromatic rings. The maximum Gasteiger partial charge on any atom is 2.00 e. The molecule has 0 aliphatic carbocycles. The van der Waals surface area contributed by atoms with Gasteiger partial charge in [-0.1, -0.05) is 78.9 Å². The second-order valence-corrected chi connectivity index (χ2v) is 5.99. The van der Waals surface area contributed by atoms with Crippen LogP contribution in [0.1, 0.15) is 42.5 Å². The van der Waals surface area contributed by atoms with Crippen molar-refractivity contribution in [2.24, 2.45) is 0 Å². The molecule has 0 radical (unpaired) electrons. The molecule has 2 rings (SSSR count). The monoisotopic (exact) mass is 356 g/mol. The van der Waals surface area contributed by atoms with Crippen molar-refractivity contribution in [3.8, 4) is 0 Å². The molecule has 0 amide bonds. The Kier molecular flexibility index (Phi) is 9.17. The van der Waals surface area contributed by atoms with Crippen molar-refractivity contribution in [2.45, 2.75) is 47.0 Å². The van der Waals surface area contributed by atoms with Crippen LogP contribution < -0.4 is 0 Å². The number of nitrogens with zero attached hydrogens (tertiary/aromatic N) is 2. The average molecular weight is 356 g/mol. The topological polar surface area (TPSA) is 28.2 Å². The molecule has 0 aliphatic heterocycles. The summed E-state index contributed by atoms with van der Waals surface area (Å²) < 4.78 is 0. The van der Waals surface area contributed by atoms with E-state index in [-0.39, 0.29) is 21.7 Å². The molecule has 0 saturated carbocycles. The molecule has 0 heterocycles. The van der Waals surface area contributed by atoms with Gasteiger partial charge in [0.1, 0.15) is 0 Å². The zero-order chi connectivity index (χ0) is 16.7. The largest absolute Gasteiger partial charge is 2.00 e. The molecule has 0 aliphatic rings. The molecule has 0 atom stereocenters. The quantitative estimate of drug-likeness (QED) is 0.380. The number of rotatable bonds is 8. The first-order valence-electron chi connectivity index (χ1n) is 8.69. The van der Waals surface area contributed by atoms with Crippen LogP contribution in [-0.2, 0) is 34.6 Å². The van der Waals surface area contributed by atoms with Gasteiger partial charge >= 0.3 is 21.7 Å².